The summed E-state index contributed by atoms with van der Waals surface area (Å²) >= 11 is 1.36. The number of carbonyl (C=O) groups excluding carboxylic acids is 1. The maximum Gasteiger partial charge on any atom is 0.271 e. The van der Waals surface area contributed by atoms with Crippen LogP contribution in [0.4, 0.5) is 5.13 Å². The Hall–Kier alpha value is -2.15. The number of para-hydroxylation sites is 2. The van der Waals surface area contributed by atoms with Crippen LogP contribution in [0, 0.1) is 0 Å². The first-order chi connectivity index (χ1) is 10.2. The first-order valence-corrected chi connectivity index (χ1v) is 7.54. The molecule has 0 fully saturated rings. The van der Waals surface area contributed by atoms with Crippen LogP contribution >= 0.6 is 11.3 Å². The number of fused-ring (bicyclic) bond motifs is 1. The van der Waals surface area contributed by atoms with E-state index in [9.17, 15) is 4.79 Å². The molecule has 2 aromatic rings. The fourth-order valence-electron chi connectivity index (χ4n) is 2.03. The third kappa shape index (κ3) is 2.82. The van der Waals surface area contributed by atoms with E-state index in [-0.39, 0.29) is 12.0 Å². The van der Waals surface area contributed by atoms with Gasteiger partial charge in [0.2, 0.25) is 11.2 Å². The molecule has 0 radical (unpaired) electrons. The SMILES string of the molecule is CCc1nnc(NC(=O)[C@H]2Oc3ccccc3O[C@H]2C)s1. The van der Waals surface area contributed by atoms with Crippen molar-refractivity contribution >= 4 is 22.4 Å². The van der Waals surface area contributed by atoms with Gasteiger partial charge in [-0.05, 0) is 25.5 Å². The van der Waals surface area contributed by atoms with Gasteiger partial charge in [0.05, 0.1) is 0 Å². The molecule has 110 valence electrons. The summed E-state index contributed by atoms with van der Waals surface area (Å²) in [6.07, 6.45) is -0.298. The molecule has 1 aliphatic rings. The van der Waals surface area contributed by atoms with E-state index in [1.54, 1.807) is 13.0 Å². The minimum absolute atomic E-state index is 0.282. The van der Waals surface area contributed by atoms with Crippen molar-refractivity contribution in [3.8, 4) is 11.5 Å². The molecule has 6 nitrogen and oxygen atoms in total. The number of benzene rings is 1. The Morgan fingerprint density at radius 1 is 1.29 bits per heavy atom. The molecule has 1 aromatic heterocycles. The number of rotatable bonds is 3. The number of carbonyl (C=O) groups is 1. The molecule has 0 unspecified atom stereocenters. The molecule has 1 aliphatic heterocycles. The second-order valence-corrected chi connectivity index (χ2v) is 5.71. The number of hydrogen-bond acceptors (Lipinski definition) is 6. The lowest BCUT2D eigenvalue weighted by atomic mass is 10.1. The van der Waals surface area contributed by atoms with E-state index in [1.807, 2.05) is 25.1 Å². The maximum absolute atomic E-state index is 12.3. The summed E-state index contributed by atoms with van der Waals surface area (Å²) in [4.78, 5) is 12.3. The second kappa shape index (κ2) is 5.69. The van der Waals surface area contributed by atoms with Gasteiger partial charge >= 0.3 is 0 Å². The van der Waals surface area contributed by atoms with Gasteiger partial charge in [0.1, 0.15) is 11.1 Å². The molecule has 7 heteroatoms. The highest BCUT2D eigenvalue weighted by molar-refractivity contribution is 7.15. The fraction of sp³-hybridized carbons (Fsp3) is 0.357. The van der Waals surface area contributed by atoms with E-state index < -0.39 is 6.10 Å². The topological polar surface area (TPSA) is 73.3 Å². The molecule has 0 aliphatic carbocycles. The van der Waals surface area contributed by atoms with Crippen LogP contribution in [0.2, 0.25) is 0 Å². The predicted octanol–water partition coefficient (Wildman–Crippen LogP) is 2.27. The lowest BCUT2D eigenvalue weighted by Crippen LogP contribution is -2.46. The smallest absolute Gasteiger partial charge is 0.271 e. The van der Waals surface area contributed by atoms with Gasteiger partial charge in [0, 0.05) is 0 Å². The molecule has 2 atom stereocenters. The van der Waals surface area contributed by atoms with Crippen LogP contribution < -0.4 is 14.8 Å². The fourth-order valence-corrected chi connectivity index (χ4v) is 2.71. The highest BCUT2D eigenvalue weighted by atomic mass is 32.1. The highest BCUT2D eigenvalue weighted by Gasteiger charge is 2.34. The lowest BCUT2D eigenvalue weighted by Gasteiger charge is -2.30. The summed E-state index contributed by atoms with van der Waals surface area (Å²) in [5.41, 5.74) is 0. The number of nitrogens with zero attached hydrogens (tertiary/aromatic N) is 2. The van der Waals surface area contributed by atoms with Crippen molar-refractivity contribution < 1.29 is 14.3 Å². The third-order valence-corrected chi connectivity index (χ3v) is 4.08. The van der Waals surface area contributed by atoms with E-state index in [0.29, 0.717) is 16.6 Å². The third-order valence-electron chi connectivity index (χ3n) is 3.10. The Balaban J connectivity index is 1.73. The predicted molar refractivity (Wildman–Crippen MR) is 78.9 cm³/mol. The quantitative estimate of drug-likeness (QED) is 0.941. The molecule has 21 heavy (non-hydrogen) atoms. The van der Waals surface area contributed by atoms with Crippen LogP contribution in [0.3, 0.4) is 0 Å². The van der Waals surface area contributed by atoms with Crippen molar-refractivity contribution in [3.05, 3.63) is 29.3 Å². The van der Waals surface area contributed by atoms with Gasteiger partial charge in [-0.25, -0.2) is 0 Å². The number of anilines is 1. The zero-order valence-corrected chi connectivity index (χ0v) is 12.5. The standard InChI is InChI=1S/C14H15N3O3S/c1-3-11-16-17-14(21-11)15-13(18)12-8(2)19-9-6-4-5-7-10(9)20-12/h4-8,12H,3H2,1-2H3,(H,15,17,18)/t8-,12-/m0/s1. The van der Waals surface area contributed by atoms with E-state index in [0.717, 1.165) is 11.4 Å². The van der Waals surface area contributed by atoms with Crippen molar-refractivity contribution in [2.45, 2.75) is 32.5 Å². The number of aryl methyl sites for hydroxylation is 1. The van der Waals surface area contributed by atoms with Gasteiger partial charge < -0.3 is 9.47 Å². The average Bonchev–Trinajstić information content (AvgIpc) is 2.94. The summed E-state index contributed by atoms with van der Waals surface area (Å²) in [5, 5.41) is 12.0. The van der Waals surface area contributed by atoms with Gasteiger partial charge in [-0.2, -0.15) is 0 Å². The summed E-state index contributed by atoms with van der Waals surface area (Å²) < 4.78 is 11.4. The van der Waals surface area contributed by atoms with E-state index in [2.05, 4.69) is 15.5 Å². The molecule has 0 saturated heterocycles. The molecular weight excluding hydrogens is 290 g/mol. The average molecular weight is 305 g/mol. The number of aromatic nitrogens is 2. The Bertz CT molecular complexity index is 658. The number of hydrogen-bond donors (Lipinski definition) is 1. The van der Waals surface area contributed by atoms with Gasteiger partial charge in [0.15, 0.2) is 11.5 Å². The van der Waals surface area contributed by atoms with Crippen molar-refractivity contribution in [2.75, 3.05) is 5.32 Å². The normalized spacial score (nSPS) is 20.1. The summed E-state index contributed by atoms with van der Waals surface area (Å²) in [6, 6.07) is 7.30. The monoisotopic (exact) mass is 305 g/mol. The highest BCUT2D eigenvalue weighted by Crippen LogP contribution is 2.33. The van der Waals surface area contributed by atoms with E-state index in [4.69, 9.17) is 9.47 Å². The van der Waals surface area contributed by atoms with Gasteiger partial charge in [-0.3, -0.25) is 10.1 Å². The molecule has 3 rings (SSSR count). The van der Waals surface area contributed by atoms with Crippen molar-refractivity contribution in [1.29, 1.82) is 0 Å². The summed E-state index contributed by atoms with van der Waals surface area (Å²) in [5.74, 6) is 0.941. The molecule has 0 spiro atoms. The van der Waals surface area contributed by atoms with Gasteiger partial charge in [-0.15, -0.1) is 10.2 Å². The minimum Gasteiger partial charge on any atom is -0.482 e. The van der Waals surface area contributed by atoms with Crippen LogP contribution in [-0.2, 0) is 11.2 Å². The van der Waals surface area contributed by atoms with E-state index in [1.165, 1.54) is 11.3 Å². The minimum atomic E-state index is -0.714. The molecule has 1 aromatic carbocycles. The van der Waals surface area contributed by atoms with Gasteiger partial charge in [-0.1, -0.05) is 30.4 Å². The Labute approximate surface area is 126 Å². The largest absolute Gasteiger partial charge is 0.482 e. The summed E-state index contributed by atoms with van der Waals surface area (Å²) in [6.45, 7) is 3.79. The first-order valence-electron chi connectivity index (χ1n) is 6.73. The maximum atomic E-state index is 12.3. The van der Waals surface area contributed by atoms with Crippen LogP contribution in [-0.4, -0.2) is 28.3 Å². The molecule has 1 amide bonds. The van der Waals surface area contributed by atoms with Crippen molar-refractivity contribution in [3.63, 3.8) is 0 Å². The molecule has 0 saturated carbocycles. The number of amides is 1. The van der Waals surface area contributed by atoms with Crippen LogP contribution in [0.25, 0.3) is 0 Å². The molecular formula is C14H15N3O3S. The van der Waals surface area contributed by atoms with Crippen LogP contribution in [0.15, 0.2) is 24.3 Å². The zero-order chi connectivity index (χ0) is 14.8. The Kier molecular flexibility index (Phi) is 3.74. The van der Waals surface area contributed by atoms with Crippen LogP contribution in [0.1, 0.15) is 18.9 Å². The van der Waals surface area contributed by atoms with Crippen molar-refractivity contribution in [2.24, 2.45) is 0 Å². The van der Waals surface area contributed by atoms with E-state index >= 15 is 0 Å². The lowest BCUT2D eigenvalue weighted by molar-refractivity contribution is -0.128. The van der Waals surface area contributed by atoms with Crippen LogP contribution in [0.5, 0.6) is 11.5 Å². The second-order valence-electron chi connectivity index (χ2n) is 4.65. The van der Waals surface area contributed by atoms with Gasteiger partial charge in [0.25, 0.3) is 5.91 Å². The molecule has 1 N–H and O–H groups in total. The zero-order valence-electron chi connectivity index (χ0n) is 11.7. The molecule has 2 heterocycles. The van der Waals surface area contributed by atoms with Crippen molar-refractivity contribution in [1.82, 2.24) is 10.2 Å². The Morgan fingerprint density at radius 3 is 2.67 bits per heavy atom. The first kappa shape index (κ1) is 13.8. The summed E-state index contributed by atoms with van der Waals surface area (Å²) in [7, 11) is 0. The Morgan fingerprint density at radius 2 is 2.00 bits per heavy atom. The number of nitrogens with one attached hydrogen (secondary N) is 1. The molecule has 0 bridgehead atoms. The number of ether oxygens (including phenoxy) is 2.